The maximum absolute atomic E-state index is 6.12. The molecule has 17 heavy (non-hydrogen) atoms. The van der Waals surface area contributed by atoms with Crippen molar-refractivity contribution in [1.29, 1.82) is 0 Å². The van der Waals surface area contributed by atoms with E-state index in [1.807, 2.05) is 12.1 Å². The number of rotatable bonds is 3. The van der Waals surface area contributed by atoms with Crippen molar-refractivity contribution in [3.63, 3.8) is 0 Å². The Morgan fingerprint density at radius 1 is 0.824 bits per heavy atom. The molecule has 2 aromatic carbocycles. The topological polar surface area (TPSA) is 0 Å². The Balaban J connectivity index is 2.56. The molecule has 0 saturated carbocycles. The zero-order chi connectivity index (χ0) is 12.1. The van der Waals surface area contributed by atoms with Gasteiger partial charge in [0.2, 0.25) is 0 Å². The molecule has 0 aromatic heterocycles. The molecule has 2 aromatic rings. The second-order valence-corrected chi connectivity index (χ2v) is 6.96. The summed E-state index contributed by atoms with van der Waals surface area (Å²) in [6.07, 6.45) is 0. The van der Waals surface area contributed by atoms with Crippen LogP contribution in [0.25, 0.3) is 5.57 Å². The van der Waals surface area contributed by atoms with Crippen molar-refractivity contribution in [2.45, 2.75) is 6.92 Å². The van der Waals surface area contributed by atoms with Gasteiger partial charge in [0.25, 0.3) is 0 Å². The monoisotopic (exact) mass is 358 g/mol. The van der Waals surface area contributed by atoms with Crippen molar-refractivity contribution in [3.8, 4) is 0 Å². The minimum absolute atomic E-state index is 0.568. The Kier molecular flexibility index (Phi) is 4.68. The molecule has 0 atom stereocenters. The summed E-state index contributed by atoms with van der Waals surface area (Å²) >= 11 is -0.568. The van der Waals surface area contributed by atoms with Crippen LogP contribution in [0.3, 0.4) is 0 Å². The standard InChI is InChI=1S/C15H13ClTe/c1-12(17-16)15(13-8-4-2-5-9-13)14-10-6-3-7-11-14/h2-11H,1H3. The Morgan fingerprint density at radius 2 is 1.24 bits per heavy atom. The van der Waals surface area contributed by atoms with Crippen LogP contribution in [0, 0.1) is 0 Å². The fourth-order valence-electron chi connectivity index (χ4n) is 1.82. The van der Waals surface area contributed by atoms with Crippen molar-refractivity contribution in [2.24, 2.45) is 0 Å². The number of halogens is 1. The normalized spacial score (nSPS) is 10.0. The first-order valence-corrected chi connectivity index (χ1v) is 9.55. The Bertz CT molecular complexity index is 461. The van der Waals surface area contributed by atoms with Crippen molar-refractivity contribution >= 4 is 34.3 Å². The summed E-state index contributed by atoms with van der Waals surface area (Å²) in [6.45, 7) is 2.14. The second kappa shape index (κ2) is 6.26. The van der Waals surface area contributed by atoms with Gasteiger partial charge in [0.15, 0.2) is 0 Å². The maximum atomic E-state index is 6.12. The molecular formula is C15H13ClTe. The van der Waals surface area contributed by atoms with E-state index in [2.05, 4.69) is 55.5 Å². The number of hydrogen-bond donors (Lipinski definition) is 0. The van der Waals surface area contributed by atoms with Crippen LogP contribution in [0.5, 0.6) is 0 Å². The summed E-state index contributed by atoms with van der Waals surface area (Å²) in [7, 11) is 6.12. The van der Waals surface area contributed by atoms with Crippen molar-refractivity contribution in [1.82, 2.24) is 0 Å². The summed E-state index contributed by atoms with van der Waals surface area (Å²) in [5, 5.41) is 0. The van der Waals surface area contributed by atoms with Crippen LogP contribution >= 0.6 is 8.96 Å². The van der Waals surface area contributed by atoms with Gasteiger partial charge in [-0.2, -0.15) is 0 Å². The predicted molar refractivity (Wildman–Crippen MR) is 76.2 cm³/mol. The molecule has 86 valence electrons. The van der Waals surface area contributed by atoms with Crippen molar-refractivity contribution < 1.29 is 0 Å². The van der Waals surface area contributed by atoms with Crippen LogP contribution in [-0.4, -0.2) is 19.8 Å². The van der Waals surface area contributed by atoms with Gasteiger partial charge < -0.3 is 0 Å². The Morgan fingerprint density at radius 3 is 1.59 bits per heavy atom. The predicted octanol–water partition coefficient (Wildman–Crippen LogP) is 4.32. The van der Waals surface area contributed by atoms with Crippen LogP contribution in [0.2, 0.25) is 0 Å². The van der Waals surface area contributed by atoms with E-state index >= 15 is 0 Å². The average molecular weight is 356 g/mol. The Labute approximate surface area is 116 Å². The summed E-state index contributed by atoms with van der Waals surface area (Å²) in [5.41, 5.74) is 3.80. The van der Waals surface area contributed by atoms with Gasteiger partial charge in [-0.1, -0.05) is 0 Å². The van der Waals surface area contributed by atoms with Gasteiger partial charge in [-0.3, -0.25) is 0 Å². The van der Waals surface area contributed by atoms with Crippen LogP contribution in [0.1, 0.15) is 18.1 Å². The molecule has 0 unspecified atom stereocenters. The molecule has 0 aliphatic rings. The first kappa shape index (κ1) is 12.7. The van der Waals surface area contributed by atoms with E-state index in [1.165, 1.54) is 20.3 Å². The van der Waals surface area contributed by atoms with Crippen LogP contribution in [0.4, 0.5) is 0 Å². The molecule has 2 heteroatoms. The van der Waals surface area contributed by atoms with Crippen LogP contribution in [-0.2, 0) is 0 Å². The molecule has 0 bridgehead atoms. The van der Waals surface area contributed by atoms with Gasteiger partial charge in [-0.25, -0.2) is 0 Å². The zero-order valence-electron chi connectivity index (χ0n) is 9.56. The van der Waals surface area contributed by atoms with E-state index in [0.29, 0.717) is 0 Å². The summed E-state index contributed by atoms with van der Waals surface area (Å²) in [6, 6.07) is 20.9. The first-order valence-electron chi connectivity index (χ1n) is 5.43. The van der Waals surface area contributed by atoms with Gasteiger partial charge >= 0.3 is 117 Å². The SMILES string of the molecule is CC([Te]Cl)=C(c1ccccc1)c1ccccc1. The molecule has 0 heterocycles. The molecular weight excluding hydrogens is 343 g/mol. The van der Waals surface area contributed by atoms with E-state index in [-0.39, 0.29) is 0 Å². The fraction of sp³-hybridized carbons (Fsp3) is 0.0667. The molecule has 0 nitrogen and oxygen atoms in total. The van der Waals surface area contributed by atoms with E-state index in [4.69, 9.17) is 8.96 Å². The molecule has 0 aliphatic carbocycles. The summed E-state index contributed by atoms with van der Waals surface area (Å²) < 4.78 is 1.33. The minimum atomic E-state index is -0.568. The number of allylic oxidation sites excluding steroid dienone is 1. The number of benzene rings is 2. The molecule has 2 rings (SSSR count). The van der Waals surface area contributed by atoms with E-state index < -0.39 is 19.8 Å². The van der Waals surface area contributed by atoms with Crippen molar-refractivity contribution in [2.75, 3.05) is 0 Å². The Hall–Kier alpha value is -0.740. The van der Waals surface area contributed by atoms with E-state index in [0.717, 1.165) is 0 Å². The van der Waals surface area contributed by atoms with E-state index in [1.54, 1.807) is 0 Å². The number of hydrogen-bond acceptors (Lipinski definition) is 0. The quantitative estimate of drug-likeness (QED) is 0.719. The van der Waals surface area contributed by atoms with Gasteiger partial charge in [-0.15, -0.1) is 0 Å². The van der Waals surface area contributed by atoms with Crippen LogP contribution < -0.4 is 0 Å². The molecule has 0 saturated heterocycles. The van der Waals surface area contributed by atoms with E-state index in [9.17, 15) is 0 Å². The third-order valence-corrected chi connectivity index (χ3v) is 5.39. The summed E-state index contributed by atoms with van der Waals surface area (Å²) in [5.74, 6) is 0. The second-order valence-electron chi connectivity index (χ2n) is 3.74. The van der Waals surface area contributed by atoms with Crippen molar-refractivity contribution in [3.05, 3.63) is 75.4 Å². The molecule has 0 N–H and O–H groups in total. The first-order chi connectivity index (χ1) is 8.33. The average Bonchev–Trinajstić information content (AvgIpc) is 2.41. The third kappa shape index (κ3) is 3.13. The van der Waals surface area contributed by atoms with Crippen LogP contribution in [0.15, 0.2) is 64.3 Å². The van der Waals surface area contributed by atoms with Gasteiger partial charge in [0.1, 0.15) is 0 Å². The molecule has 0 radical (unpaired) electrons. The molecule has 0 fully saturated rings. The third-order valence-electron chi connectivity index (χ3n) is 2.59. The molecule has 0 aliphatic heterocycles. The molecule has 0 spiro atoms. The van der Waals surface area contributed by atoms with Gasteiger partial charge in [0, 0.05) is 0 Å². The zero-order valence-corrected chi connectivity index (χ0v) is 12.6. The summed E-state index contributed by atoms with van der Waals surface area (Å²) in [4.78, 5) is 0. The van der Waals surface area contributed by atoms with Gasteiger partial charge in [-0.05, 0) is 0 Å². The van der Waals surface area contributed by atoms with Gasteiger partial charge in [0.05, 0.1) is 0 Å². The fourth-order valence-corrected chi connectivity index (χ4v) is 3.23. The molecule has 0 amide bonds.